The summed E-state index contributed by atoms with van der Waals surface area (Å²) < 4.78 is 5.38. The zero-order valence-corrected chi connectivity index (χ0v) is 17.8. The summed E-state index contributed by atoms with van der Waals surface area (Å²) in [5.41, 5.74) is 4.13. The van der Waals surface area contributed by atoms with Crippen molar-refractivity contribution in [2.24, 2.45) is 0 Å². The first-order valence-corrected chi connectivity index (χ1v) is 10.9. The van der Waals surface area contributed by atoms with E-state index in [0.717, 1.165) is 80.5 Å². The highest BCUT2D eigenvalue weighted by atomic mass is 16.5. The second-order valence-electron chi connectivity index (χ2n) is 7.84. The van der Waals surface area contributed by atoms with Crippen molar-refractivity contribution in [1.82, 2.24) is 5.32 Å². The fraction of sp³-hybridized carbons (Fsp3) is 0.440. The second kappa shape index (κ2) is 11.5. The number of fused-ring (bicyclic) bond motifs is 1. The molecule has 0 bridgehead atoms. The molecule has 30 heavy (non-hydrogen) atoms. The Morgan fingerprint density at radius 3 is 2.87 bits per heavy atom. The third kappa shape index (κ3) is 6.17. The highest BCUT2D eigenvalue weighted by Gasteiger charge is 2.18. The molecule has 0 spiro atoms. The van der Waals surface area contributed by atoms with Crippen LogP contribution in [0.5, 0.6) is 5.75 Å². The zero-order chi connectivity index (χ0) is 21.2. The van der Waals surface area contributed by atoms with Crippen molar-refractivity contribution in [3.05, 3.63) is 59.2 Å². The van der Waals surface area contributed by atoms with Crippen LogP contribution in [-0.4, -0.2) is 38.3 Å². The lowest BCUT2D eigenvalue weighted by Crippen LogP contribution is -2.26. The summed E-state index contributed by atoms with van der Waals surface area (Å²) in [5, 5.41) is 6.69. The first-order chi connectivity index (χ1) is 14.7. The van der Waals surface area contributed by atoms with Crippen LogP contribution in [0.15, 0.2) is 42.5 Å². The van der Waals surface area contributed by atoms with Gasteiger partial charge in [-0.3, -0.25) is 4.79 Å². The van der Waals surface area contributed by atoms with Crippen molar-refractivity contribution in [2.75, 3.05) is 25.5 Å². The number of methoxy groups -OCH3 is 1. The molecule has 0 saturated heterocycles. The molecule has 0 fully saturated rings. The van der Waals surface area contributed by atoms with E-state index in [1.165, 1.54) is 5.56 Å². The monoisotopic (exact) mass is 408 g/mol. The summed E-state index contributed by atoms with van der Waals surface area (Å²) in [6, 6.07) is 13.8. The number of para-hydroxylation sites is 1. The third-order valence-corrected chi connectivity index (χ3v) is 5.68. The van der Waals surface area contributed by atoms with Crippen molar-refractivity contribution in [2.45, 2.75) is 51.0 Å². The van der Waals surface area contributed by atoms with Crippen molar-refractivity contribution < 1.29 is 14.3 Å². The van der Waals surface area contributed by atoms with Crippen LogP contribution in [0, 0.1) is 0 Å². The summed E-state index contributed by atoms with van der Waals surface area (Å²) >= 11 is 0. The number of aryl methyl sites for hydroxylation is 1. The number of aldehydes is 1. The minimum absolute atomic E-state index is 0.109. The number of unbranched alkanes of at least 4 members (excludes halogenated alkanes) is 2. The number of rotatable bonds is 12. The van der Waals surface area contributed by atoms with E-state index in [1.807, 2.05) is 36.4 Å². The number of ether oxygens (including phenoxy) is 1. The van der Waals surface area contributed by atoms with Gasteiger partial charge in [-0.15, -0.1) is 0 Å². The van der Waals surface area contributed by atoms with E-state index >= 15 is 0 Å². The van der Waals surface area contributed by atoms with Crippen LogP contribution in [0.2, 0.25) is 0 Å². The van der Waals surface area contributed by atoms with Crippen molar-refractivity contribution in [3.63, 3.8) is 0 Å². The maximum atomic E-state index is 12.5. The van der Waals surface area contributed by atoms with Gasteiger partial charge in [0.1, 0.15) is 12.0 Å². The lowest BCUT2D eigenvalue weighted by atomic mass is 9.95. The van der Waals surface area contributed by atoms with Gasteiger partial charge in [0.05, 0.1) is 13.2 Å². The van der Waals surface area contributed by atoms with E-state index in [1.54, 1.807) is 7.11 Å². The summed E-state index contributed by atoms with van der Waals surface area (Å²) in [7, 11) is 1.71. The van der Waals surface area contributed by atoms with Gasteiger partial charge in [-0.25, -0.2) is 0 Å². The average Bonchev–Trinajstić information content (AvgIpc) is 2.80. The van der Waals surface area contributed by atoms with Crippen LogP contribution in [0.25, 0.3) is 0 Å². The Morgan fingerprint density at radius 2 is 2.03 bits per heavy atom. The van der Waals surface area contributed by atoms with Gasteiger partial charge in [0.15, 0.2) is 5.78 Å². The Balaban J connectivity index is 1.30. The molecule has 2 aromatic carbocycles. The summed E-state index contributed by atoms with van der Waals surface area (Å²) in [6.45, 7) is 1.89. The van der Waals surface area contributed by atoms with Crippen LogP contribution in [0.1, 0.15) is 53.6 Å². The number of benzene rings is 2. The molecule has 1 aliphatic rings. The molecule has 0 saturated carbocycles. The van der Waals surface area contributed by atoms with E-state index in [4.69, 9.17) is 4.74 Å². The van der Waals surface area contributed by atoms with Crippen molar-refractivity contribution in [3.8, 4) is 5.75 Å². The van der Waals surface area contributed by atoms with Crippen LogP contribution in [0.3, 0.4) is 0 Å². The number of Topliss-reactive ketones (excluding diaryl/α,β-unsaturated/α-hetero) is 1. The minimum atomic E-state index is -0.109. The third-order valence-electron chi connectivity index (χ3n) is 5.68. The molecular weight excluding hydrogens is 376 g/mol. The van der Waals surface area contributed by atoms with Gasteiger partial charge >= 0.3 is 0 Å². The molecule has 0 radical (unpaired) electrons. The Hall–Kier alpha value is -2.66. The van der Waals surface area contributed by atoms with Gasteiger partial charge in [0.25, 0.3) is 0 Å². The maximum absolute atomic E-state index is 12.5. The Bertz CT molecular complexity index is 850. The van der Waals surface area contributed by atoms with Gasteiger partial charge in [-0.1, -0.05) is 24.6 Å². The van der Waals surface area contributed by atoms with E-state index in [-0.39, 0.29) is 11.8 Å². The Kier molecular flexibility index (Phi) is 8.45. The van der Waals surface area contributed by atoms with Crippen LogP contribution >= 0.6 is 0 Å². The molecule has 0 aliphatic carbocycles. The zero-order valence-electron chi connectivity index (χ0n) is 17.8. The normalized spacial score (nSPS) is 15.2. The van der Waals surface area contributed by atoms with Gasteiger partial charge in [0, 0.05) is 17.7 Å². The lowest BCUT2D eigenvalue weighted by Gasteiger charge is -2.23. The minimum Gasteiger partial charge on any atom is -0.496 e. The highest BCUT2D eigenvalue weighted by Crippen LogP contribution is 2.26. The first kappa shape index (κ1) is 22.0. The van der Waals surface area contributed by atoms with Crippen LogP contribution in [0.4, 0.5) is 5.69 Å². The smallest absolute Gasteiger partial charge is 0.162 e. The van der Waals surface area contributed by atoms with E-state index in [9.17, 15) is 9.59 Å². The van der Waals surface area contributed by atoms with Gasteiger partial charge in [-0.2, -0.15) is 0 Å². The number of carbonyl (C=O) groups excluding carboxylic acids is 2. The summed E-state index contributed by atoms with van der Waals surface area (Å²) in [5.74, 6) is 1.15. The molecule has 1 unspecified atom stereocenters. The number of hydrogen-bond donors (Lipinski definition) is 2. The topological polar surface area (TPSA) is 67.4 Å². The predicted molar refractivity (Wildman–Crippen MR) is 121 cm³/mol. The molecule has 1 aliphatic heterocycles. The van der Waals surface area contributed by atoms with E-state index in [2.05, 4.69) is 16.7 Å². The fourth-order valence-corrected chi connectivity index (χ4v) is 3.91. The van der Waals surface area contributed by atoms with Crippen LogP contribution < -0.4 is 15.4 Å². The molecule has 0 aromatic heterocycles. The standard InChI is InChI=1S/C25H32N2O3/c1-30-25-9-5-4-7-19(25)14-16-26-15-6-2-3-8-24(29)21-11-13-23-20(17-21)10-12-22(18-28)27-23/h4-5,7,9,11,13,17-18,22,26-27H,2-3,6,8,10,12,14-16H2,1H3. The number of ketones is 1. The van der Waals surface area contributed by atoms with Crippen LogP contribution in [-0.2, 0) is 17.6 Å². The molecule has 2 N–H and O–H groups in total. The Morgan fingerprint density at radius 1 is 1.17 bits per heavy atom. The van der Waals surface area contributed by atoms with E-state index < -0.39 is 0 Å². The molecule has 3 rings (SSSR count). The molecule has 0 amide bonds. The molecule has 5 nitrogen and oxygen atoms in total. The predicted octanol–water partition coefficient (Wildman–Crippen LogP) is 4.20. The van der Waals surface area contributed by atoms with Gasteiger partial charge in [-0.05, 0) is 80.6 Å². The fourth-order valence-electron chi connectivity index (χ4n) is 3.91. The van der Waals surface area contributed by atoms with E-state index in [0.29, 0.717) is 6.42 Å². The SMILES string of the molecule is COc1ccccc1CCNCCCCCC(=O)c1ccc2c(c1)CCC(C=O)N2. The second-order valence-corrected chi connectivity index (χ2v) is 7.84. The average molecular weight is 409 g/mol. The number of anilines is 1. The van der Waals surface area contributed by atoms with Crippen molar-refractivity contribution in [1.29, 1.82) is 0 Å². The highest BCUT2D eigenvalue weighted by molar-refractivity contribution is 5.96. The molecule has 160 valence electrons. The molecule has 5 heteroatoms. The number of hydrogen-bond acceptors (Lipinski definition) is 5. The van der Waals surface area contributed by atoms with Crippen molar-refractivity contribution >= 4 is 17.8 Å². The number of nitrogens with one attached hydrogen (secondary N) is 2. The molecular formula is C25H32N2O3. The number of carbonyl (C=O) groups is 2. The molecule has 1 heterocycles. The maximum Gasteiger partial charge on any atom is 0.162 e. The Labute approximate surface area is 179 Å². The van der Waals surface area contributed by atoms with Gasteiger partial charge in [0.2, 0.25) is 0 Å². The molecule has 2 aromatic rings. The summed E-state index contributed by atoms with van der Waals surface area (Å²) in [6.07, 6.45) is 7.14. The summed E-state index contributed by atoms with van der Waals surface area (Å²) in [4.78, 5) is 23.4. The van der Waals surface area contributed by atoms with Gasteiger partial charge < -0.3 is 20.2 Å². The quantitative estimate of drug-likeness (QED) is 0.313. The largest absolute Gasteiger partial charge is 0.496 e. The first-order valence-electron chi connectivity index (χ1n) is 10.9. The molecule has 1 atom stereocenters. The lowest BCUT2D eigenvalue weighted by molar-refractivity contribution is -0.108.